The van der Waals surface area contributed by atoms with Gasteiger partial charge in [0.2, 0.25) is 0 Å². The molecule has 3 heteroatoms. The summed E-state index contributed by atoms with van der Waals surface area (Å²) in [5.41, 5.74) is 1.34. The highest BCUT2D eigenvalue weighted by Gasteiger charge is 2.28. The number of piperazine rings is 1. The van der Waals surface area contributed by atoms with Crippen LogP contribution in [0.3, 0.4) is 0 Å². The number of nitrogens with one attached hydrogen (secondary N) is 1. The van der Waals surface area contributed by atoms with E-state index in [1.54, 1.807) is 0 Å². The summed E-state index contributed by atoms with van der Waals surface area (Å²) in [6.45, 7) is 9.03. The first-order valence-corrected chi connectivity index (χ1v) is 8.53. The molecule has 0 saturated carbocycles. The van der Waals surface area contributed by atoms with Crippen molar-refractivity contribution in [1.29, 1.82) is 0 Å². The summed E-state index contributed by atoms with van der Waals surface area (Å²) in [6.07, 6.45) is 0. The van der Waals surface area contributed by atoms with Crippen LogP contribution in [0.25, 0.3) is 10.8 Å². The highest BCUT2D eigenvalue weighted by Crippen LogP contribution is 2.28. The second-order valence-corrected chi connectivity index (χ2v) is 7.36. The molecule has 1 saturated heterocycles. The van der Waals surface area contributed by atoms with Gasteiger partial charge in [-0.3, -0.25) is 0 Å². The maximum Gasteiger partial charge on any atom is 0.0438 e. The summed E-state index contributed by atoms with van der Waals surface area (Å²) < 4.78 is 1.14. The average molecular weight is 347 g/mol. The van der Waals surface area contributed by atoms with Crippen molar-refractivity contribution in [1.82, 2.24) is 5.32 Å². The Bertz CT molecular complexity index is 638. The molecule has 112 valence electrons. The van der Waals surface area contributed by atoms with Gasteiger partial charge in [0.25, 0.3) is 0 Å². The Morgan fingerprint density at radius 3 is 2.62 bits per heavy atom. The van der Waals surface area contributed by atoms with Gasteiger partial charge >= 0.3 is 0 Å². The molecule has 0 aliphatic carbocycles. The quantitative estimate of drug-likeness (QED) is 0.865. The highest BCUT2D eigenvalue weighted by molar-refractivity contribution is 9.10. The lowest BCUT2D eigenvalue weighted by molar-refractivity contribution is 0.349. The number of benzene rings is 2. The SMILES string of the molecule is CC1CN(c2ccc3cc(Br)ccc3c2)C(C(C)C)CN1. The molecular weight excluding hydrogens is 324 g/mol. The third-order valence-corrected chi connectivity index (χ3v) is 4.93. The molecule has 1 aliphatic heterocycles. The third-order valence-electron chi connectivity index (χ3n) is 4.43. The Morgan fingerprint density at radius 2 is 1.86 bits per heavy atom. The number of halogens is 1. The van der Waals surface area contributed by atoms with Crippen molar-refractivity contribution < 1.29 is 0 Å². The van der Waals surface area contributed by atoms with Crippen LogP contribution >= 0.6 is 15.9 Å². The van der Waals surface area contributed by atoms with E-state index in [9.17, 15) is 0 Å². The van der Waals surface area contributed by atoms with Gasteiger partial charge in [0.15, 0.2) is 0 Å². The predicted octanol–water partition coefficient (Wildman–Crippen LogP) is 4.43. The molecule has 1 aliphatic rings. The number of hydrogen-bond donors (Lipinski definition) is 1. The zero-order valence-corrected chi connectivity index (χ0v) is 14.5. The first-order chi connectivity index (χ1) is 10.0. The number of hydrogen-bond acceptors (Lipinski definition) is 2. The van der Waals surface area contributed by atoms with Gasteiger partial charge in [0, 0.05) is 35.3 Å². The highest BCUT2D eigenvalue weighted by atomic mass is 79.9. The van der Waals surface area contributed by atoms with E-state index < -0.39 is 0 Å². The average Bonchev–Trinajstić information content (AvgIpc) is 2.46. The minimum absolute atomic E-state index is 0.542. The largest absolute Gasteiger partial charge is 0.365 e. The lowest BCUT2D eigenvalue weighted by Gasteiger charge is -2.43. The summed E-state index contributed by atoms with van der Waals surface area (Å²) in [5.74, 6) is 0.644. The van der Waals surface area contributed by atoms with Gasteiger partial charge in [-0.15, -0.1) is 0 Å². The van der Waals surface area contributed by atoms with E-state index in [2.05, 4.69) is 83.3 Å². The predicted molar refractivity (Wildman–Crippen MR) is 95.1 cm³/mol. The van der Waals surface area contributed by atoms with Crippen LogP contribution in [0.4, 0.5) is 5.69 Å². The maximum atomic E-state index is 3.61. The first kappa shape index (κ1) is 14.9. The molecule has 1 N–H and O–H groups in total. The van der Waals surface area contributed by atoms with Gasteiger partial charge < -0.3 is 10.2 Å². The fourth-order valence-electron chi connectivity index (χ4n) is 3.20. The maximum absolute atomic E-state index is 3.61. The summed E-state index contributed by atoms with van der Waals surface area (Å²) in [5, 5.41) is 6.21. The van der Waals surface area contributed by atoms with Gasteiger partial charge in [0.05, 0.1) is 0 Å². The van der Waals surface area contributed by atoms with E-state index in [4.69, 9.17) is 0 Å². The van der Waals surface area contributed by atoms with E-state index in [0.29, 0.717) is 18.0 Å². The second kappa shape index (κ2) is 5.98. The number of fused-ring (bicyclic) bond motifs is 1. The molecular formula is C18H23BrN2. The van der Waals surface area contributed by atoms with Gasteiger partial charge in [-0.25, -0.2) is 0 Å². The summed E-state index contributed by atoms with van der Waals surface area (Å²) in [6, 6.07) is 14.4. The number of rotatable bonds is 2. The van der Waals surface area contributed by atoms with Crippen LogP contribution in [-0.4, -0.2) is 25.2 Å². The van der Waals surface area contributed by atoms with E-state index in [1.807, 2.05) is 0 Å². The smallest absolute Gasteiger partial charge is 0.0438 e. The Labute approximate surface area is 135 Å². The van der Waals surface area contributed by atoms with Crippen LogP contribution in [0.15, 0.2) is 40.9 Å². The molecule has 2 atom stereocenters. The molecule has 3 rings (SSSR count). The first-order valence-electron chi connectivity index (χ1n) is 7.74. The standard InChI is InChI=1S/C18H23BrN2/c1-12(2)18-10-20-13(3)11-21(18)17-7-5-14-8-16(19)6-4-15(14)9-17/h4-9,12-13,18,20H,10-11H2,1-3H3. The van der Waals surface area contributed by atoms with Crippen LogP contribution in [0.5, 0.6) is 0 Å². The summed E-state index contributed by atoms with van der Waals surface area (Å²) >= 11 is 3.55. The molecule has 0 spiro atoms. The molecule has 2 aromatic rings. The Kier molecular flexibility index (Phi) is 4.23. The van der Waals surface area contributed by atoms with Gasteiger partial charge in [0.1, 0.15) is 0 Å². The fourth-order valence-corrected chi connectivity index (χ4v) is 3.58. The third kappa shape index (κ3) is 3.09. The van der Waals surface area contributed by atoms with Crippen molar-refractivity contribution in [2.24, 2.45) is 5.92 Å². The summed E-state index contributed by atoms with van der Waals surface area (Å²) in [7, 11) is 0. The van der Waals surface area contributed by atoms with Crippen LogP contribution < -0.4 is 10.2 Å². The molecule has 2 nitrogen and oxygen atoms in total. The molecule has 2 aromatic carbocycles. The van der Waals surface area contributed by atoms with Crippen molar-refractivity contribution in [2.45, 2.75) is 32.9 Å². The Balaban J connectivity index is 1.98. The lowest BCUT2D eigenvalue weighted by Crippen LogP contribution is -2.57. The van der Waals surface area contributed by atoms with Crippen LogP contribution in [0, 0.1) is 5.92 Å². The molecule has 1 fully saturated rings. The van der Waals surface area contributed by atoms with Gasteiger partial charge in [-0.2, -0.15) is 0 Å². The Morgan fingerprint density at radius 1 is 1.14 bits per heavy atom. The van der Waals surface area contributed by atoms with Crippen molar-refractivity contribution in [3.63, 3.8) is 0 Å². The molecule has 0 radical (unpaired) electrons. The van der Waals surface area contributed by atoms with Crippen LogP contribution in [-0.2, 0) is 0 Å². The van der Waals surface area contributed by atoms with Gasteiger partial charge in [-0.1, -0.05) is 41.9 Å². The molecule has 1 heterocycles. The molecule has 0 amide bonds. The van der Waals surface area contributed by atoms with E-state index in [0.717, 1.165) is 17.6 Å². The fraction of sp³-hybridized carbons (Fsp3) is 0.444. The second-order valence-electron chi connectivity index (χ2n) is 6.45. The number of nitrogens with zero attached hydrogens (tertiary/aromatic N) is 1. The van der Waals surface area contributed by atoms with Crippen molar-refractivity contribution >= 4 is 32.4 Å². The molecule has 0 aromatic heterocycles. The van der Waals surface area contributed by atoms with Crippen molar-refractivity contribution in [3.8, 4) is 0 Å². The molecule has 0 bridgehead atoms. The molecule has 2 unspecified atom stereocenters. The van der Waals surface area contributed by atoms with E-state index in [1.165, 1.54) is 16.5 Å². The monoisotopic (exact) mass is 346 g/mol. The van der Waals surface area contributed by atoms with Crippen LogP contribution in [0.2, 0.25) is 0 Å². The van der Waals surface area contributed by atoms with Crippen molar-refractivity contribution in [3.05, 3.63) is 40.9 Å². The number of anilines is 1. The zero-order valence-electron chi connectivity index (χ0n) is 12.9. The minimum Gasteiger partial charge on any atom is -0.365 e. The molecule has 21 heavy (non-hydrogen) atoms. The van der Waals surface area contributed by atoms with Crippen molar-refractivity contribution in [2.75, 3.05) is 18.0 Å². The Hall–Kier alpha value is -1.06. The normalized spacial score (nSPS) is 23.0. The van der Waals surface area contributed by atoms with E-state index in [-0.39, 0.29) is 0 Å². The summed E-state index contributed by atoms with van der Waals surface area (Å²) in [4.78, 5) is 2.58. The zero-order chi connectivity index (χ0) is 15.0. The lowest BCUT2D eigenvalue weighted by atomic mass is 9.97. The van der Waals surface area contributed by atoms with E-state index >= 15 is 0 Å². The minimum atomic E-state index is 0.542. The topological polar surface area (TPSA) is 15.3 Å². The van der Waals surface area contributed by atoms with Gasteiger partial charge in [-0.05, 0) is 47.9 Å². The van der Waals surface area contributed by atoms with Crippen LogP contribution in [0.1, 0.15) is 20.8 Å².